The summed E-state index contributed by atoms with van der Waals surface area (Å²) < 4.78 is 1.30. The fourth-order valence-corrected chi connectivity index (χ4v) is 3.17. The first kappa shape index (κ1) is 14.1. The maximum Gasteiger partial charge on any atom is 0.0477 e. The average molecular weight is 358 g/mol. The van der Waals surface area contributed by atoms with Crippen molar-refractivity contribution in [2.45, 2.75) is 51.1 Å². The van der Waals surface area contributed by atoms with Gasteiger partial charge in [-0.25, -0.2) is 0 Å². The van der Waals surface area contributed by atoms with Gasteiger partial charge < -0.3 is 10.6 Å². The number of hydrogen-bond donors (Lipinski definition) is 2. The molecule has 2 nitrogen and oxygen atoms in total. The Bertz CT molecular complexity index is 359. The molecule has 1 aliphatic heterocycles. The summed E-state index contributed by atoms with van der Waals surface area (Å²) in [7, 11) is 0. The van der Waals surface area contributed by atoms with E-state index in [9.17, 15) is 0 Å². The summed E-state index contributed by atoms with van der Waals surface area (Å²) in [6.45, 7) is 3.48. The smallest absolute Gasteiger partial charge is 0.0477 e. The highest BCUT2D eigenvalue weighted by Crippen LogP contribution is 2.20. The van der Waals surface area contributed by atoms with Crippen LogP contribution < -0.4 is 10.6 Å². The second-order valence-corrected chi connectivity index (χ2v) is 6.42. The SMILES string of the molecule is CC(CC1CCCCCN1)Nc1ccccc1I. The lowest BCUT2D eigenvalue weighted by atomic mass is 10.0. The van der Waals surface area contributed by atoms with Crippen molar-refractivity contribution >= 4 is 28.3 Å². The second kappa shape index (κ2) is 7.34. The molecule has 1 saturated heterocycles. The quantitative estimate of drug-likeness (QED) is 0.795. The molecule has 0 aromatic heterocycles. The van der Waals surface area contributed by atoms with E-state index >= 15 is 0 Å². The standard InChI is InChI=1S/C15H23IN2/c1-12(11-13-7-3-2-6-10-17-13)18-15-9-5-4-8-14(15)16/h4-5,8-9,12-13,17-18H,2-3,6-7,10-11H2,1H3. The Morgan fingerprint density at radius 2 is 2.17 bits per heavy atom. The minimum atomic E-state index is 0.525. The molecule has 2 atom stereocenters. The van der Waals surface area contributed by atoms with Gasteiger partial charge in [-0.15, -0.1) is 0 Å². The lowest BCUT2D eigenvalue weighted by Crippen LogP contribution is -2.33. The van der Waals surface area contributed by atoms with Crippen LogP contribution in [0.5, 0.6) is 0 Å². The first-order valence-electron chi connectivity index (χ1n) is 7.00. The average Bonchev–Trinajstić information content (AvgIpc) is 2.61. The highest BCUT2D eigenvalue weighted by atomic mass is 127. The number of anilines is 1. The van der Waals surface area contributed by atoms with Crippen LogP contribution in [0.2, 0.25) is 0 Å². The Kier molecular flexibility index (Phi) is 5.76. The molecule has 18 heavy (non-hydrogen) atoms. The molecule has 2 rings (SSSR count). The zero-order valence-corrected chi connectivity index (χ0v) is 13.2. The van der Waals surface area contributed by atoms with Crippen molar-refractivity contribution in [2.75, 3.05) is 11.9 Å². The summed E-state index contributed by atoms with van der Waals surface area (Å²) in [6, 6.07) is 9.72. The van der Waals surface area contributed by atoms with Gasteiger partial charge in [0.25, 0.3) is 0 Å². The molecule has 0 radical (unpaired) electrons. The second-order valence-electron chi connectivity index (χ2n) is 5.26. The van der Waals surface area contributed by atoms with Crippen LogP contribution in [0, 0.1) is 3.57 Å². The van der Waals surface area contributed by atoms with Gasteiger partial charge >= 0.3 is 0 Å². The molecule has 0 amide bonds. The van der Waals surface area contributed by atoms with Gasteiger partial charge in [0.1, 0.15) is 0 Å². The maximum absolute atomic E-state index is 3.67. The van der Waals surface area contributed by atoms with Crippen LogP contribution in [0.1, 0.15) is 39.0 Å². The fourth-order valence-electron chi connectivity index (χ4n) is 2.63. The predicted molar refractivity (Wildman–Crippen MR) is 87.1 cm³/mol. The number of para-hydroxylation sites is 1. The minimum Gasteiger partial charge on any atom is -0.382 e. The molecule has 0 saturated carbocycles. The lowest BCUT2D eigenvalue weighted by molar-refractivity contribution is 0.456. The fraction of sp³-hybridized carbons (Fsp3) is 0.600. The van der Waals surface area contributed by atoms with E-state index in [2.05, 4.69) is 64.4 Å². The third-order valence-electron chi connectivity index (χ3n) is 3.58. The Labute approximate surface area is 124 Å². The van der Waals surface area contributed by atoms with Crippen molar-refractivity contribution in [1.82, 2.24) is 5.32 Å². The van der Waals surface area contributed by atoms with Crippen molar-refractivity contribution in [3.63, 3.8) is 0 Å². The van der Waals surface area contributed by atoms with Gasteiger partial charge in [0.05, 0.1) is 0 Å². The zero-order chi connectivity index (χ0) is 12.8. The lowest BCUT2D eigenvalue weighted by Gasteiger charge is -2.22. The van der Waals surface area contributed by atoms with Crippen molar-refractivity contribution in [2.24, 2.45) is 0 Å². The Hall–Kier alpha value is -0.290. The first-order chi connectivity index (χ1) is 8.75. The summed E-state index contributed by atoms with van der Waals surface area (Å²) in [4.78, 5) is 0. The molecule has 0 spiro atoms. The molecule has 0 bridgehead atoms. The van der Waals surface area contributed by atoms with E-state index in [4.69, 9.17) is 0 Å². The number of halogens is 1. The van der Waals surface area contributed by atoms with E-state index in [0.29, 0.717) is 12.1 Å². The molecule has 3 heteroatoms. The Balaban J connectivity index is 1.84. The van der Waals surface area contributed by atoms with Gasteiger partial charge in [0.2, 0.25) is 0 Å². The number of hydrogen-bond acceptors (Lipinski definition) is 2. The van der Waals surface area contributed by atoms with Gasteiger partial charge in [0.15, 0.2) is 0 Å². The zero-order valence-electron chi connectivity index (χ0n) is 11.1. The van der Waals surface area contributed by atoms with E-state index in [1.165, 1.54) is 47.9 Å². The molecule has 1 heterocycles. The molecule has 1 aliphatic rings. The van der Waals surface area contributed by atoms with Gasteiger partial charge in [-0.2, -0.15) is 0 Å². The highest BCUT2D eigenvalue weighted by molar-refractivity contribution is 14.1. The summed E-state index contributed by atoms with van der Waals surface area (Å²) >= 11 is 2.39. The summed E-state index contributed by atoms with van der Waals surface area (Å²) in [5, 5.41) is 7.30. The van der Waals surface area contributed by atoms with Crippen LogP contribution in [-0.2, 0) is 0 Å². The third kappa shape index (κ3) is 4.43. The molecule has 1 aromatic carbocycles. The Morgan fingerprint density at radius 3 is 3.00 bits per heavy atom. The van der Waals surface area contributed by atoms with Crippen LogP contribution in [-0.4, -0.2) is 18.6 Å². The monoisotopic (exact) mass is 358 g/mol. The van der Waals surface area contributed by atoms with Crippen LogP contribution in [0.25, 0.3) is 0 Å². The van der Waals surface area contributed by atoms with Crippen molar-refractivity contribution in [3.05, 3.63) is 27.8 Å². The summed E-state index contributed by atoms with van der Waals surface area (Å²) in [6.07, 6.45) is 6.66. The molecule has 100 valence electrons. The van der Waals surface area contributed by atoms with Crippen molar-refractivity contribution < 1.29 is 0 Å². The number of benzene rings is 1. The van der Waals surface area contributed by atoms with E-state index in [0.717, 1.165) is 0 Å². The number of nitrogens with one attached hydrogen (secondary N) is 2. The van der Waals surface area contributed by atoms with E-state index in [-0.39, 0.29) is 0 Å². The maximum atomic E-state index is 3.67. The van der Waals surface area contributed by atoms with Gasteiger partial charge in [-0.3, -0.25) is 0 Å². The largest absolute Gasteiger partial charge is 0.382 e. The van der Waals surface area contributed by atoms with Crippen LogP contribution in [0.4, 0.5) is 5.69 Å². The molecule has 1 aromatic rings. The van der Waals surface area contributed by atoms with Crippen molar-refractivity contribution in [1.29, 1.82) is 0 Å². The normalized spacial score (nSPS) is 22.2. The van der Waals surface area contributed by atoms with Crippen LogP contribution in [0.3, 0.4) is 0 Å². The van der Waals surface area contributed by atoms with Gasteiger partial charge in [-0.05, 0) is 67.5 Å². The van der Waals surface area contributed by atoms with E-state index < -0.39 is 0 Å². The summed E-state index contributed by atoms with van der Waals surface area (Å²) in [5.41, 5.74) is 1.26. The molecule has 1 fully saturated rings. The van der Waals surface area contributed by atoms with E-state index in [1.807, 2.05) is 0 Å². The number of rotatable bonds is 4. The molecule has 0 aliphatic carbocycles. The molecular formula is C15H23IN2. The third-order valence-corrected chi connectivity index (χ3v) is 4.52. The predicted octanol–water partition coefficient (Wildman–Crippen LogP) is 4.01. The molecule has 2 N–H and O–H groups in total. The highest BCUT2D eigenvalue weighted by Gasteiger charge is 2.15. The topological polar surface area (TPSA) is 24.1 Å². The van der Waals surface area contributed by atoms with Crippen molar-refractivity contribution in [3.8, 4) is 0 Å². The van der Waals surface area contributed by atoms with Crippen LogP contribution in [0.15, 0.2) is 24.3 Å². The molecular weight excluding hydrogens is 335 g/mol. The summed E-state index contributed by atoms with van der Waals surface area (Å²) in [5.74, 6) is 0. The van der Waals surface area contributed by atoms with Gasteiger partial charge in [-0.1, -0.05) is 25.0 Å². The molecule has 2 unspecified atom stereocenters. The minimum absolute atomic E-state index is 0.525. The van der Waals surface area contributed by atoms with E-state index in [1.54, 1.807) is 0 Å². The first-order valence-corrected chi connectivity index (χ1v) is 8.08. The van der Waals surface area contributed by atoms with Crippen LogP contribution >= 0.6 is 22.6 Å². The Morgan fingerprint density at radius 1 is 1.33 bits per heavy atom. The van der Waals surface area contributed by atoms with Gasteiger partial charge in [0, 0.05) is 21.3 Å².